The van der Waals surface area contributed by atoms with E-state index in [1.54, 1.807) is 12.1 Å². The number of anilines is 2. The van der Waals surface area contributed by atoms with E-state index in [9.17, 15) is 9.59 Å². The molecule has 1 aromatic carbocycles. The Hall–Kier alpha value is -2.44. The summed E-state index contributed by atoms with van der Waals surface area (Å²) in [6.07, 6.45) is -0.112. The third-order valence-corrected chi connectivity index (χ3v) is 3.07. The molecule has 0 spiro atoms. The highest BCUT2D eigenvalue weighted by molar-refractivity contribution is 6.03. The highest BCUT2D eigenvalue weighted by atomic mass is 16.5. The van der Waals surface area contributed by atoms with Crippen LogP contribution in [0.25, 0.3) is 0 Å². The molecule has 0 unspecified atom stereocenters. The lowest BCUT2D eigenvalue weighted by molar-refractivity contribution is -0.136. The molecule has 1 aliphatic rings. The Morgan fingerprint density at radius 2 is 2.00 bits per heavy atom. The van der Waals surface area contributed by atoms with Gasteiger partial charge in [0.2, 0.25) is 5.91 Å². The maximum atomic E-state index is 11.9. The molecule has 0 radical (unpaired) electrons. The maximum absolute atomic E-state index is 11.9. The predicted octanol–water partition coefficient (Wildman–Crippen LogP) is 0.937. The van der Waals surface area contributed by atoms with Gasteiger partial charge < -0.3 is 24.8 Å². The molecule has 108 valence electrons. The Balaban J connectivity index is 2.38. The van der Waals surface area contributed by atoms with Crippen LogP contribution in [0.15, 0.2) is 12.1 Å². The lowest BCUT2D eigenvalue weighted by Gasteiger charge is -2.30. The number of carbonyl (C=O) groups is 2. The number of nitrogens with one attached hydrogen (secondary N) is 1. The lowest BCUT2D eigenvalue weighted by atomic mass is 10.1. The van der Waals surface area contributed by atoms with E-state index in [0.29, 0.717) is 22.9 Å². The van der Waals surface area contributed by atoms with Crippen LogP contribution in [0.4, 0.5) is 11.4 Å². The fourth-order valence-electron chi connectivity index (χ4n) is 2.09. The van der Waals surface area contributed by atoms with E-state index in [2.05, 4.69) is 5.32 Å². The summed E-state index contributed by atoms with van der Waals surface area (Å²) in [5.41, 5.74) is 1.31. The third-order valence-electron chi connectivity index (χ3n) is 3.07. The number of aliphatic carboxylic acids is 1. The van der Waals surface area contributed by atoms with Gasteiger partial charge in [-0.15, -0.1) is 0 Å². The standard InChI is InChI=1S/C13H16N2O5/c1-19-10-5-8-9(6-11(10)20-2)15(4-3-13(17)18)12(16)7-14-8/h5-6,14H,3-4,7H2,1-2H3,(H,17,18). The molecule has 0 aliphatic carbocycles. The monoisotopic (exact) mass is 280 g/mol. The van der Waals surface area contributed by atoms with E-state index in [1.807, 2.05) is 0 Å². The summed E-state index contributed by atoms with van der Waals surface area (Å²) in [5.74, 6) is -0.0845. The largest absolute Gasteiger partial charge is 0.493 e. The van der Waals surface area contributed by atoms with Crippen molar-refractivity contribution in [2.75, 3.05) is 37.5 Å². The number of ether oxygens (including phenoxy) is 2. The Labute approximate surface area is 116 Å². The molecular formula is C13H16N2O5. The first-order valence-corrected chi connectivity index (χ1v) is 6.09. The number of hydrogen-bond donors (Lipinski definition) is 2. The van der Waals surface area contributed by atoms with Gasteiger partial charge >= 0.3 is 5.97 Å². The molecule has 1 amide bonds. The van der Waals surface area contributed by atoms with Gasteiger partial charge in [-0.25, -0.2) is 0 Å². The molecule has 7 heteroatoms. The number of nitrogens with zero attached hydrogens (tertiary/aromatic N) is 1. The minimum absolute atomic E-state index is 0.112. The van der Waals surface area contributed by atoms with Crippen molar-refractivity contribution in [3.05, 3.63) is 12.1 Å². The number of rotatable bonds is 5. The van der Waals surface area contributed by atoms with Crippen molar-refractivity contribution in [1.29, 1.82) is 0 Å². The molecular weight excluding hydrogens is 264 g/mol. The first-order valence-electron chi connectivity index (χ1n) is 6.09. The molecule has 2 rings (SSSR count). The van der Waals surface area contributed by atoms with Crippen LogP contribution in [0.3, 0.4) is 0 Å². The van der Waals surface area contributed by atoms with Crippen molar-refractivity contribution >= 4 is 23.3 Å². The van der Waals surface area contributed by atoms with Crippen LogP contribution < -0.4 is 19.7 Å². The van der Waals surface area contributed by atoms with Crippen molar-refractivity contribution in [1.82, 2.24) is 0 Å². The second kappa shape index (κ2) is 5.68. The lowest BCUT2D eigenvalue weighted by Crippen LogP contribution is -2.41. The molecule has 0 fully saturated rings. The number of carboxylic acids is 1. The highest BCUT2D eigenvalue weighted by Crippen LogP contribution is 2.39. The molecule has 20 heavy (non-hydrogen) atoms. The summed E-state index contributed by atoms with van der Waals surface area (Å²) < 4.78 is 10.4. The summed E-state index contributed by atoms with van der Waals surface area (Å²) in [4.78, 5) is 24.1. The molecule has 0 bridgehead atoms. The van der Waals surface area contributed by atoms with Gasteiger partial charge in [-0.1, -0.05) is 0 Å². The van der Waals surface area contributed by atoms with Crippen LogP contribution in [0.2, 0.25) is 0 Å². The zero-order valence-electron chi connectivity index (χ0n) is 11.3. The number of benzene rings is 1. The van der Waals surface area contributed by atoms with E-state index in [4.69, 9.17) is 14.6 Å². The Morgan fingerprint density at radius 3 is 2.60 bits per heavy atom. The Morgan fingerprint density at radius 1 is 1.35 bits per heavy atom. The van der Waals surface area contributed by atoms with E-state index >= 15 is 0 Å². The normalized spacial score (nSPS) is 13.5. The van der Waals surface area contributed by atoms with Crippen molar-refractivity contribution in [2.24, 2.45) is 0 Å². The van der Waals surface area contributed by atoms with Crippen LogP contribution in [0, 0.1) is 0 Å². The van der Waals surface area contributed by atoms with Gasteiger partial charge in [-0.3, -0.25) is 9.59 Å². The number of hydrogen-bond acceptors (Lipinski definition) is 5. The molecule has 1 aromatic rings. The van der Waals surface area contributed by atoms with Gasteiger partial charge in [0.25, 0.3) is 0 Å². The van der Waals surface area contributed by atoms with Crippen molar-refractivity contribution in [3.63, 3.8) is 0 Å². The quantitative estimate of drug-likeness (QED) is 0.834. The number of amides is 1. The van der Waals surface area contributed by atoms with Crippen LogP contribution in [0.5, 0.6) is 11.5 Å². The minimum atomic E-state index is -0.946. The Kier molecular flexibility index (Phi) is 3.97. The third kappa shape index (κ3) is 2.61. The topological polar surface area (TPSA) is 88.1 Å². The number of methoxy groups -OCH3 is 2. The van der Waals surface area contributed by atoms with E-state index in [-0.39, 0.29) is 25.4 Å². The molecule has 0 aromatic heterocycles. The molecule has 0 atom stereocenters. The second-order valence-electron chi connectivity index (χ2n) is 4.27. The second-order valence-corrected chi connectivity index (χ2v) is 4.27. The first-order chi connectivity index (χ1) is 9.56. The molecule has 1 aliphatic heterocycles. The molecule has 0 saturated carbocycles. The van der Waals surface area contributed by atoms with Gasteiger partial charge in [0.05, 0.1) is 38.6 Å². The van der Waals surface area contributed by atoms with Gasteiger partial charge in [-0.2, -0.15) is 0 Å². The van der Waals surface area contributed by atoms with Crippen LogP contribution in [0.1, 0.15) is 6.42 Å². The van der Waals surface area contributed by atoms with Crippen LogP contribution >= 0.6 is 0 Å². The summed E-state index contributed by atoms with van der Waals surface area (Å²) in [6, 6.07) is 3.40. The van der Waals surface area contributed by atoms with Gasteiger partial charge in [0.15, 0.2) is 11.5 Å². The summed E-state index contributed by atoms with van der Waals surface area (Å²) >= 11 is 0. The van der Waals surface area contributed by atoms with E-state index < -0.39 is 5.97 Å². The van der Waals surface area contributed by atoms with Crippen LogP contribution in [-0.2, 0) is 9.59 Å². The van der Waals surface area contributed by atoms with Gasteiger partial charge in [0, 0.05) is 18.7 Å². The summed E-state index contributed by atoms with van der Waals surface area (Å²) in [7, 11) is 3.03. The first kappa shape index (κ1) is 14.0. The fourth-order valence-corrected chi connectivity index (χ4v) is 2.09. The SMILES string of the molecule is COc1cc2c(cc1OC)N(CCC(=O)O)C(=O)CN2. The zero-order chi connectivity index (χ0) is 14.7. The average molecular weight is 280 g/mol. The van der Waals surface area contributed by atoms with Crippen molar-refractivity contribution in [2.45, 2.75) is 6.42 Å². The fraction of sp³-hybridized carbons (Fsp3) is 0.385. The molecule has 0 saturated heterocycles. The minimum Gasteiger partial charge on any atom is -0.493 e. The van der Waals surface area contributed by atoms with E-state index in [0.717, 1.165) is 0 Å². The molecule has 2 N–H and O–H groups in total. The number of carboxylic acid groups (broad SMARTS) is 1. The predicted molar refractivity (Wildman–Crippen MR) is 72.6 cm³/mol. The molecule has 1 heterocycles. The van der Waals surface area contributed by atoms with Crippen LogP contribution in [-0.4, -0.2) is 44.3 Å². The Bertz CT molecular complexity index is 544. The van der Waals surface area contributed by atoms with Crippen molar-refractivity contribution < 1.29 is 24.2 Å². The summed E-state index contributed by atoms with van der Waals surface area (Å²) in [5, 5.41) is 11.7. The van der Waals surface area contributed by atoms with Crippen molar-refractivity contribution in [3.8, 4) is 11.5 Å². The molecule has 7 nitrogen and oxygen atoms in total. The maximum Gasteiger partial charge on any atom is 0.305 e. The highest BCUT2D eigenvalue weighted by Gasteiger charge is 2.26. The van der Waals surface area contributed by atoms with Gasteiger partial charge in [0.1, 0.15) is 0 Å². The number of carbonyl (C=O) groups excluding carboxylic acids is 1. The number of fused-ring (bicyclic) bond motifs is 1. The zero-order valence-corrected chi connectivity index (χ0v) is 11.3. The van der Waals surface area contributed by atoms with Gasteiger partial charge in [-0.05, 0) is 0 Å². The summed E-state index contributed by atoms with van der Waals surface area (Å²) in [6.45, 7) is 0.250. The van der Waals surface area contributed by atoms with E-state index in [1.165, 1.54) is 19.1 Å². The average Bonchev–Trinajstić information content (AvgIpc) is 2.44. The smallest absolute Gasteiger partial charge is 0.305 e.